The molecule has 0 bridgehead atoms. The van der Waals surface area contributed by atoms with Gasteiger partial charge in [0.2, 0.25) is 0 Å². The van der Waals surface area contributed by atoms with Crippen LogP contribution in [0.15, 0.2) is 76.8 Å². The zero-order valence-electron chi connectivity index (χ0n) is 17.8. The van der Waals surface area contributed by atoms with Crippen molar-refractivity contribution in [2.24, 2.45) is 0 Å². The lowest BCUT2D eigenvalue weighted by Gasteiger charge is -2.27. The SMILES string of the molecule is COc1ccc(/C(O)=C2\C(=O)C(=O)N(c3ccccc3O)C2c2ccccc2OC)cc1Br. The van der Waals surface area contributed by atoms with Crippen molar-refractivity contribution in [2.75, 3.05) is 19.1 Å². The lowest BCUT2D eigenvalue weighted by molar-refractivity contribution is -0.132. The van der Waals surface area contributed by atoms with Gasteiger partial charge in [-0.3, -0.25) is 14.5 Å². The number of aliphatic hydroxyl groups is 1. The molecule has 1 unspecified atom stereocenters. The fourth-order valence-electron chi connectivity index (χ4n) is 3.90. The van der Waals surface area contributed by atoms with Crippen LogP contribution in [0.1, 0.15) is 17.2 Å². The van der Waals surface area contributed by atoms with Crippen LogP contribution in [-0.2, 0) is 9.59 Å². The number of aliphatic hydroxyl groups excluding tert-OH is 1. The van der Waals surface area contributed by atoms with Gasteiger partial charge < -0.3 is 19.7 Å². The number of rotatable bonds is 5. The van der Waals surface area contributed by atoms with E-state index in [4.69, 9.17) is 9.47 Å². The number of benzene rings is 3. The van der Waals surface area contributed by atoms with Crippen LogP contribution >= 0.6 is 15.9 Å². The van der Waals surface area contributed by atoms with Crippen LogP contribution in [0.25, 0.3) is 5.76 Å². The molecule has 4 rings (SSSR count). The number of anilines is 1. The molecule has 1 fully saturated rings. The van der Waals surface area contributed by atoms with Gasteiger partial charge in [-0.05, 0) is 52.3 Å². The van der Waals surface area contributed by atoms with E-state index in [0.29, 0.717) is 27.1 Å². The number of phenols is 1. The number of ketones is 1. The number of amides is 1. The van der Waals surface area contributed by atoms with E-state index >= 15 is 0 Å². The van der Waals surface area contributed by atoms with Crippen molar-refractivity contribution in [3.05, 3.63) is 87.9 Å². The maximum atomic E-state index is 13.2. The first kappa shape index (κ1) is 22.4. The summed E-state index contributed by atoms with van der Waals surface area (Å²) >= 11 is 3.38. The van der Waals surface area contributed by atoms with E-state index in [9.17, 15) is 19.8 Å². The van der Waals surface area contributed by atoms with E-state index in [1.807, 2.05) is 0 Å². The molecule has 0 saturated carbocycles. The molecule has 1 amide bonds. The smallest absolute Gasteiger partial charge is 0.300 e. The molecule has 7 nitrogen and oxygen atoms in total. The van der Waals surface area contributed by atoms with Crippen molar-refractivity contribution in [3.8, 4) is 17.2 Å². The Labute approximate surface area is 198 Å². The fourth-order valence-corrected chi connectivity index (χ4v) is 4.45. The van der Waals surface area contributed by atoms with E-state index in [2.05, 4.69) is 15.9 Å². The number of aromatic hydroxyl groups is 1. The highest BCUT2D eigenvalue weighted by molar-refractivity contribution is 9.10. The number of halogens is 1. The van der Waals surface area contributed by atoms with E-state index in [0.717, 1.165) is 0 Å². The number of carbonyl (C=O) groups excluding carboxylic acids is 2. The monoisotopic (exact) mass is 509 g/mol. The van der Waals surface area contributed by atoms with Gasteiger partial charge in [-0.1, -0.05) is 30.3 Å². The summed E-state index contributed by atoms with van der Waals surface area (Å²) in [5.74, 6) is -1.31. The molecule has 3 aromatic carbocycles. The number of methoxy groups -OCH3 is 2. The second-order valence-corrected chi connectivity index (χ2v) is 8.10. The summed E-state index contributed by atoms with van der Waals surface area (Å²) in [7, 11) is 2.99. The Hall–Kier alpha value is -3.78. The molecule has 3 aromatic rings. The van der Waals surface area contributed by atoms with Crippen LogP contribution in [-0.4, -0.2) is 36.1 Å². The zero-order valence-corrected chi connectivity index (χ0v) is 19.4. The molecule has 1 aliphatic rings. The zero-order chi connectivity index (χ0) is 23.7. The lowest BCUT2D eigenvalue weighted by atomic mass is 9.94. The maximum absolute atomic E-state index is 13.2. The Kier molecular flexibility index (Phi) is 6.11. The van der Waals surface area contributed by atoms with Crippen LogP contribution < -0.4 is 14.4 Å². The molecule has 0 aromatic heterocycles. The third kappa shape index (κ3) is 3.82. The summed E-state index contributed by atoms with van der Waals surface area (Å²) in [5.41, 5.74) is 0.824. The van der Waals surface area contributed by atoms with Crippen LogP contribution in [0.4, 0.5) is 5.69 Å². The van der Waals surface area contributed by atoms with Gasteiger partial charge in [-0.25, -0.2) is 0 Å². The summed E-state index contributed by atoms with van der Waals surface area (Å²) < 4.78 is 11.3. The van der Waals surface area contributed by atoms with Crippen LogP contribution in [0.2, 0.25) is 0 Å². The van der Waals surface area contributed by atoms with Gasteiger partial charge in [0.15, 0.2) is 0 Å². The number of nitrogens with zero attached hydrogens (tertiary/aromatic N) is 1. The summed E-state index contributed by atoms with van der Waals surface area (Å²) in [6.07, 6.45) is 0. The van der Waals surface area contributed by atoms with E-state index < -0.39 is 17.7 Å². The molecule has 1 atom stereocenters. The van der Waals surface area contributed by atoms with Crippen molar-refractivity contribution in [1.82, 2.24) is 0 Å². The first-order chi connectivity index (χ1) is 15.9. The Bertz CT molecular complexity index is 1290. The van der Waals surface area contributed by atoms with Crippen LogP contribution in [0, 0.1) is 0 Å². The van der Waals surface area contributed by atoms with Crippen molar-refractivity contribution >= 4 is 39.1 Å². The van der Waals surface area contributed by atoms with Crippen molar-refractivity contribution in [1.29, 1.82) is 0 Å². The lowest BCUT2D eigenvalue weighted by Crippen LogP contribution is -2.29. The highest BCUT2D eigenvalue weighted by Gasteiger charge is 2.48. The first-order valence-electron chi connectivity index (χ1n) is 9.94. The number of carbonyl (C=O) groups is 2. The number of phenolic OH excluding ortho intramolecular Hbond substituents is 1. The minimum Gasteiger partial charge on any atom is -0.507 e. The number of para-hydroxylation sites is 3. The molecule has 1 aliphatic heterocycles. The molecule has 8 heteroatoms. The van der Waals surface area contributed by atoms with E-state index in [-0.39, 0.29) is 22.8 Å². The molecule has 168 valence electrons. The normalized spacial score (nSPS) is 17.3. The topological polar surface area (TPSA) is 96.3 Å². The first-order valence-corrected chi connectivity index (χ1v) is 10.7. The van der Waals surface area contributed by atoms with Gasteiger partial charge in [-0.2, -0.15) is 0 Å². The Morgan fingerprint density at radius 2 is 1.61 bits per heavy atom. The highest BCUT2D eigenvalue weighted by Crippen LogP contribution is 2.47. The molecular formula is C25H20BrNO6. The quantitative estimate of drug-likeness (QED) is 0.291. The fraction of sp³-hybridized carbons (Fsp3) is 0.120. The van der Waals surface area contributed by atoms with Crippen LogP contribution in [0.3, 0.4) is 0 Å². The second kappa shape index (κ2) is 8.99. The molecule has 1 saturated heterocycles. The van der Waals surface area contributed by atoms with E-state index in [1.54, 1.807) is 54.6 Å². The largest absolute Gasteiger partial charge is 0.507 e. The number of hydrogen-bond donors (Lipinski definition) is 2. The van der Waals surface area contributed by atoms with Crippen molar-refractivity contribution in [3.63, 3.8) is 0 Å². The summed E-state index contributed by atoms with van der Waals surface area (Å²) in [6.45, 7) is 0. The van der Waals surface area contributed by atoms with E-state index in [1.165, 1.54) is 31.3 Å². The Morgan fingerprint density at radius 1 is 0.939 bits per heavy atom. The molecule has 0 aliphatic carbocycles. The number of Topliss-reactive ketones (excluding diaryl/α,β-unsaturated/α-hetero) is 1. The van der Waals surface area contributed by atoms with Crippen LogP contribution in [0.5, 0.6) is 17.2 Å². The second-order valence-electron chi connectivity index (χ2n) is 7.25. The third-order valence-corrected chi connectivity index (χ3v) is 6.06. The number of ether oxygens (including phenoxy) is 2. The molecular weight excluding hydrogens is 490 g/mol. The predicted octanol–water partition coefficient (Wildman–Crippen LogP) is 4.80. The Morgan fingerprint density at radius 3 is 2.27 bits per heavy atom. The van der Waals surface area contributed by atoms with Gasteiger partial charge in [-0.15, -0.1) is 0 Å². The molecule has 0 radical (unpaired) electrons. The molecule has 0 spiro atoms. The minimum atomic E-state index is -1.03. The maximum Gasteiger partial charge on any atom is 0.300 e. The predicted molar refractivity (Wildman–Crippen MR) is 127 cm³/mol. The summed E-state index contributed by atoms with van der Waals surface area (Å²) in [5, 5.41) is 21.7. The van der Waals surface area contributed by atoms with Gasteiger partial charge in [0.1, 0.15) is 23.0 Å². The summed E-state index contributed by atoms with van der Waals surface area (Å²) in [6, 6.07) is 16.9. The van der Waals surface area contributed by atoms with Gasteiger partial charge in [0, 0.05) is 11.1 Å². The molecule has 33 heavy (non-hydrogen) atoms. The summed E-state index contributed by atoms with van der Waals surface area (Å²) in [4.78, 5) is 27.6. The third-order valence-electron chi connectivity index (χ3n) is 5.44. The Balaban J connectivity index is 2.00. The highest BCUT2D eigenvalue weighted by atomic mass is 79.9. The van der Waals surface area contributed by atoms with Gasteiger partial charge >= 0.3 is 0 Å². The van der Waals surface area contributed by atoms with Gasteiger partial charge in [0.25, 0.3) is 11.7 Å². The molecule has 1 heterocycles. The standard InChI is InChI=1S/C25H20BrNO6/c1-32-19-10-6-3-7-15(19)22-21(23(29)14-11-12-20(33-2)16(26)13-14)24(30)25(31)27(22)17-8-4-5-9-18(17)28/h3-13,22,28-29H,1-2H3/b23-21+. The average molecular weight is 510 g/mol. The minimum absolute atomic E-state index is 0.121. The van der Waals surface area contributed by atoms with Crippen molar-refractivity contribution in [2.45, 2.75) is 6.04 Å². The number of hydrogen-bond acceptors (Lipinski definition) is 6. The molecule has 2 N–H and O–H groups in total. The average Bonchev–Trinajstić information content (AvgIpc) is 3.09. The van der Waals surface area contributed by atoms with Gasteiger partial charge in [0.05, 0.1) is 36.0 Å². The van der Waals surface area contributed by atoms with Crippen molar-refractivity contribution < 1.29 is 29.3 Å².